The van der Waals surface area contributed by atoms with Crippen molar-refractivity contribution in [2.75, 3.05) is 46.1 Å². The summed E-state index contributed by atoms with van der Waals surface area (Å²) >= 11 is 0.915. The molecule has 11 heteroatoms. The number of aliphatic hydroxyl groups is 1. The Labute approximate surface area is 149 Å². The molecule has 0 saturated carbocycles. The van der Waals surface area contributed by atoms with E-state index in [1.165, 1.54) is 10.1 Å². The van der Waals surface area contributed by atoms with E-state index in [2.05, 4.69) is 4.99 Å². The van der Waals surface area contributed by atoms with Crippen molar-refractivity contribution in [3.05, 3.63) is 0 Å². The molecule has 10 nitrogen and oxygen atoms in total. The third-order valence-electron chi connectivity index (χ3n) is 4.85. The molecular weight excluding hydrogens is 350 g/mol. The molecule has 1 N–H and O–H groups in total. The van der Waals surface area contributed by atoms with Gasteiger partial charge >= 0.3 is 0 Å². The van der Waals surface area contributed by atoms with Crippen LogP contribution in [0.25, 0.3) is 0 Å². The van der Waals surface area contributed by atoms with Gasteiger partial charge in [-0.1, -0.05) is 0 Å². The van der Waals surface area contributed by atoms with Gasteiger partial charge in [0.25, 0.3) is 16.1 Å². The summed E-state index contributed by atoms with van der Waals surface area (Å²) in [6, 6.07) is 0. The van der Waals surface area contributed by atoms with E-state index in [4.69, 9.17) is 9.57 Å². The smallest absolute Gasteiger partial charge is 0.296 e. The van der Waals surface area contributed by atoms with Gasteiger partial charge in [0.15, 0.2) is 0 Å². The lowest BCUT2D eigenvalue weighted by Gasteiger charge is -2.40. The number of aliphatic imine (C=N–C) groups is 1. The van der Waals surface area contributed by atoms with Crippen LogP contribution in [0.4, 0.5) is 0 Å². The van der Waals surface area contributed by atoms with E-state index >= 15 is 0 Å². The SMILES string of the molecule is O=C=NC1(N2CCCC2)SC(O)(N2CCCO2)N(N2CCOC2)C1=O. The molecule has 4 heterocycles. The van der Waals surface area contributed by atoms with Gasteiger partial charge in [-0.15, -0.1) is 5.06 Å². The minimum Gasteiger partial charge on any atom is -0.363 e. The predicted molar refractivity (Wildman–Crippen MR) is 85.8 cm³/mol. The Morgan fingerprint density at radius 2 is 1.96 bits per heavy atom. The number of hydroxylamine groups is 2. The van der Waals surface area contributed by atoms with Gasteiger partial charge in [0.1, 0.15) is 6.73 Å². The second kappa shape index (κ2) is 6.60. The highest BCUT2D eigenvalue weighted by atomic mass is 32.2. The van der Waals surface area contributed by atoms with Crippen molar-refractivity contribution in [1.82, 2.24) is 20.0 Å². The Morgan fingerprint density at radius 3 is 2.56 bits per heavy atom. The third-order valence-corrected chi connectivity index (χ3v) is 6.31. The monoisotopic (exact) mass is 371 g/mol. The second-order valence-corrected chi connectivity index (χ2v) is 7.68. The van der Waals surface area contributed by atoms with Crippen LogP contribution in [0.5, 0.6) is 0 Å². The number of rotatable bonds is 4. The molecule has 4 aliphatic rings. The lowest BCUT2D eigenvalue weighted by atomic mass is 10.3. The largest absolute Gasteiger partial charge is 0.363 e. The van der Waals surface area contributed by atoms with Crippen molar-refractivity contribution in [2.24, 2.45) is 4.99 Å². The van der Waals surface area contributed by atoms with Crippen LogP contribution < -0.4 is 0 Å². The summed E-state index contributed by atoms with van der Waals surface area (Å²) in [4.78, 5) is 34.3. The standard InChI is InChI=1S/C14H21N5O5S/c20-10-15-13(16-4-1-2-5-16)12(21)19(17-7-9-23-11-17)14(22,25-13)18-6-3-8-24-18/h22H,1-9,11H2. The van der Waals surface area contributed by atoms with Crippen molar-refractivity contribution in [3.8, 4) is 0 Å². The summed E-state index contributed by atoms with van der Waals surface area (Å²) in [6.07, 6.45) is 4.11. The molecule has 4 fully saturated rings. The lowest BCUT2D eigenvalue weighted by Crippen LogP contribution is -2.62. The highest BCUT2D eigenvalue weighted by molar-refractivity contribution is 8.02. The average molecular weight is 371 g/mol. The molecule has 4 aliphatic heterocycles. The fraction of sp³-hybridized carbons (Fsp3) is 0.857. The van der Waals surface area contributed by atoms with Gasteiger partial charge in [-0.05, 0) is 31.0 Å². The first-order valence-electron chi connectivity index (χ1n) is 8.46. The molecular formula is C14H21N5O5S. The van der Waals surface area contributed by atoms with E-state index in [-0.39, 0.29) is 6.73 Å². The minimum absolute atomic E-state index is 0.184. The van der Waals surface area contributed by atoms with E-state index in [1.807, 2.05) is 4.90 Å². The van der Waals surface area contributed by atoms with Gasteiger partial charge in [-0.2, -0.15) is 10.0 Å². The van der Waals surface area contributed by atoms with E-state index in [9.17, 15) is 14.7 Å². The molecule has 4 saturated heterocycles. The summed E-state index contributed by atoms with van der Waals surface area (Å²) in [6.45, 7) is 3.31. The molecule has 0 aromatic carbocycles. The maximum atomic E-state index is 13.4. The van der Waals surface area contributed by atoms with E-state index in [0.29, 0.717) is 39.4 Å². The van der Waals surface area contributed by atoms with Crippen molar-refractivity contribution < 1.29 is 24.3 Å². The summed E-state index contributed by atoms with van der Waals surface area (Å²) in [7, 11) is 0. The zero-order valence-corrected chi connectivity index (χ0v) is 14.6. The second-order valence-electron chi connectivity index (χ2n) is 6.35. The fourth-order valence-electron chi connectivity index (χ4n) is 3.68. The van der Waals surface area contributed by atoms with Crippen molar-refractivity contribution in [1.29, 1.82) is 0 Å². The Balaban J connectivity index is 1.76. The maximum Gasteiger partial charge on any atom is 0.296 e. The molecule has 0 bridgehead atoms. The molecule has 0 spiro atoms. The molecule has 0 aliphatic carbocycles. The number of isocyanates is 1. The molecule has 0 radical (unpaired) electrons. The zero-order valence-electron chi connectivity index (χ0n) is 13.8. The van der Waals surface area contributed by atoms with Crippen molar-refractivity contribution in [2.45, 2.75) is 29.4 Å². The van der Waals surface area contributed by atoms with Crippen LogP contribution in [-0.4, -0.2) is 93.4 Å². The molecule has 138 valence electrons. The van der Waals surface area contributed by atoms with Crippen LogP contribution in [0, 0.1) is 0 Å². The van der Waals surface area contributed by atoms with Crippen LogP contribution in [0.1, 0.15) is 19.3 Å². The van der Waals surface area contributed by atoms with Crippen LogP contribution in [-0.2, 0) is 19.2 Å². The van der Waals surface area contributed by atoms with Crippen LogP contribution >= 0.6 is 11.8 Å². The molecule has 2 unspecified atom stereocenters. The maximum absolute atomic E-state index is 13.4. The number of amides is 1. The van der Waals surface area contributed by atoms with Gasteiger partial charge < -0.3 is 9.84 Å². The molecule has 0 aromatic rings. The topological polar surface area (TPSA) is 98.2 Å². The summed E-state index contributed by atoms with van der Waals surface area (Å²) in [5.74, 6) is -0.466. The van der Waals surface area contributed by atoms with Gasteiger partial charge in [0, 0.05) is 26.2 Å². The zero-order chi connectivity index (χ0) is 17.5. The Morgan fingerprint density at radius 1 is 1.16 bits per heavy atom. The predicted octanol–water partition coefficient (Wildman–Crippen LogP) is -0.907. The lowest BCUT2D eigenvalue weighted by molar-refractivity contribution is -0.303. The van der Waals surface area contributed by atoms with Gasteiger partial charge in [-0.25, -0.2) is 9.80 Å². The van der Waals surface area contributed by atoms with Gasteiger partial charge in [-0.3, -0.25) is 14.5 Å². The molecule has 25 heavy (non-hydrogen) atoms. The summed E-state index contributed by atoms with van der Waals surface area (Å²) in [5, 5.41) is 13.9. The highest BCUT2D eigenvalue weighted by Crippen LogP contribution is 2.53. The van der Waals surface area contributed by atoms with Crippen LogP contribution in [0.2, 0.25) is 0 Å². The van der Waals surface area contributed by atoms with E-state index in [1.54, 1.807) is 11.1 Å². The van der Waals surface area contributed by atoms with Crippen LogP contribution in [0.15, 0.2) is 4.99 Å². The van der Waals surface area contributed by atoms with Gasteiger partial charge in [0.05, 0.1) is 13.2 Å². The van der Waals surface area contributed by atoms with Crippen molar-refractivity contribution in [3.63, 3.8) is 0 Å². The Kier molecular flexibility index (Phi) is 4.59. The van der Waals surface area contributed by atoms with E-state index in [0.717, 1.165) is 31.0 Å². The highest BCUT2D eigenvalue weighted by Gasteiger charge is 2.69. The first-order valence-corrected chi connectivity index (χ1v) is 9.28. The average Bonchev–Trinajstić information content (AvgIpc) is 3.37. The Bertz CT molecular complexity index is 586. The number of carbonyl (C=O) groups is 1. The van der Waals surface area contributed by atoms with E-state index < -0.39 is 16.1 Å². The number of hydrazine groups is 1. The number of likely N-dealkylation sites (tertiary alicyclic amines) is 1. The molecule has 2 atom stereocenters. The number of hydrogen-bond acceptors (Lipinski definition) is 10. The fourth-order valence-corrected chi connectivity index (χ4v) is 5.16. The first-order chi connectivity index (χ1) is 12.1. The number of ether oxygens (including phenoxy) is 1. The normalized spacial score (nSPS) is 38.0. The Hall–Kier alpha value is -1.04. The number of carbonyl (C=O) groups excluding carboxylic acids is 2. The van der Waals surface area contributed by atoms with Gasteiger partial charge in [0.2, 0.25) is 6.08 Å². The first kappa shape index (κ1) is 17.4. The number of nitrogens with zero attached hydrogens (tertiary/aromatic N) is 5. The minimum atomic E-state index is -1.79. The van der Waals surface area contributed by atoms with Crippen molar-refractivity contribution >= 4 is 23.7 Å². The molecule has 4 rings (SSSR count). The number of hydrogen-bond donors (Lipinski definition) is 1. The number of thioether (sulfide) groups is 1. The summed E-state index contributed by atoms with van der Waals surface area (Å²) in [5.41, 5.74) is 0. The quantitative estimate of drug-likeness (QED) is 0.497. The van der Waals surface area contributed by atoms with Crippen LogP contribution in [0.3, 0.4) is 0 Å². The summed E-state index contributed by atoms with van der Waals surface area (Å²) < 4.78 is 5.36. The molecule has 1 amide bonds. The third kappa shape index (κ3) is 2.63. The molecule has 0 aromatic heterocycles.